The molecule has 1 aromatic carbocycles. The van der Waals surface area contributed by atoms with Crippen molar-refractivity contribution in [1.82, 2.24) is 5.32 Å². The lowest BCUT2D eigenvalue weighted by atomic mass is 10.2. The van der Waals surface area contributed by atoms with Gasteiger partial charge in [-0.15, -0.1) is 0 Å². The molecule has 0 bridgehead atoms. The van der Waals surface area contributed by atoms with Crippen molar-refractivity contribution in [2.75, 3.05) is 40.0 Å². The topological polar surface area (TPSA) is 30.5 Å². The highest BCUT2D eigenvalue weighted by molar-refractivity contribution is 5.48. The van der Waals surface area contributed by atoms with E-state index in [9.17, 15) is 0 Å². The Hall–Kier alpha value is -1.16. The van der Waals surface area contributed by atoms with Crippen LogP contribution in [0.2, 0.25) is 0 Å². The Labute approximate surface area is 116 Å². The standard InChI is InChI=1S/C16H25NO2/c1-18-14-15-19-13-6-5-11-17-12-7-10-16-8-3-2-4-9-16/h2-4,7-10,17H,5-6,11-15H2,1H3/b10-7+. The molecule has 1 rings (SSSR count). The lowest BCUT2D eigenvalue weighted by Crippen LogP contribution is -2.15. The molecule has 0 radical (unpaired) electrons. The summed E-state index contributed by atoms with van der Waals surface area (Å²) in [7, 11) is 1.69. The second kappa shape index (κ2) is 11.9. The zero-order chi connectivity index (χ0) is 13.6. The Balaban J connectivity index is 1.87. The van der Waals surface area contributed by atoms with Gasteiger partial charge in [0.05, 0.1) is 13.2 Å². The summed E-state index contributed by atoms with van der Waals surface area (Å²) in [4.78, 5) is 0. The lowest BCUT2D eigenvalue weighted by Gasteiger charge is -2.04. The van der Waals surface area contributed by atoms with Gasteiger partial charge >= 0.3 is 0 Å². The van der Waals surface area contributed by atoms with E-state index in [2.05, 4.69) is 41.7 Å². The van der Waals surface area contributed by atoms with Crippen LogP contribution in [0.5, 0.6) is 0 Å². The van der Waals surface area contributed by atoms with Gasteiger partial charge in [-0.3, -0.25) is 0 Å². The fourth-order valence-electron chi connectivity index (χ4n) is 1.64. The third-order valence-electron chi connectivity index (χ3n) is 2.70. The molecule has 0 saturated carbocycles. The number of methoxy groups -OCH3 is 1. The van der Waals surface area contributed by atoms with Crippen molar-refractivity contribution in [2.24, 2.45) is 0 Å². The van der Waals surface area contributed by atoms with E-state index in [-0.39, 0.29) is 0 Å². The number of rotatable bonds is 11. The van der Waals surface area contributed by atoms with Crippen molar-refractivity contribution in [3.8, 4) is 0 Å². The molecule has 0 unspecified atom stereocenters. The molecule has 19 heavy (non-hydrogen) atoms. The fraction of sp³-hybridized carbons (Fsp3) is 0.500. The summed E-state index contributed by atoms with van der Waals surface area (Å²) >= 11 is 0. The third kappa shape index (κ3) is 9.42. The van der Waals surface area contributed by atoms with E-state index in [1.54, 1.807) is 7.11 Å². The molecule has 0 aliphatic rings. The summed E-state index contributed by atoms with van der Waals surface area (Å²) in [5.74, 6) is 0. The van der Waals surface area contributed by atoms with E-state index in [4.69, 9.17) is 9.47 Å². The molecule has 1 aromatic rings. The van der Waals surface area contributed by atoms with Crippen LogP contribution in [-0.2, 0) is 9.47 Å². The second-order valence-electron chi connectivity index (χ2n) is 4.33. The van der Waals surface area contributed by atoms with Crippen molar-refractivity contribution in [1.29, 1.82) is 0 Å². The van der Waals surface area contributed by atoms with Gasteiger partial charge in [0.2, 0.25) is 0 Å². The highest BCUT2D eigenvalue weighted by atomic mass is 16.5. The zero-order valence-corrected chi connectivity index (χ0v) is 11.8. The van der Waals surface area contributed by atoms with Crippen LogP contribution >= 0.6 is 0 Å². The molecule has 0 fully saturated rings. The molecule has 3 nitrogen and oxygen atoms in total. The van der Waals surface area contributed by atoms with Crippen molar-refractivity contribution >= 4 is 6.08 Å². The average Bonchev–Trinajstić information content (AvgIpc) is 2.46. The molecule has 0 amide bonds. The molecule has 0 atom stereocenters. The van der Waals surface area contributed by atoms with Crippen LogP contribution in [0.25, 0.3) is 6.08 Å². The summed E-state index contributed by atoms with van der Waals surface area (Å²) in [5.41, 5.74) is 1.25. The molecule has 0 aromatic heterocycles. The van der Waals surface area contributed by atoms with Crippen molar-refractivity contribution < 1.29 is 9.47 Å². The zero-order valence-electron chi connectivity index (χ0n) is 11.8. The smallest absolute Gasteiger partial charge is 0.0700 e. The number of hydrogen-bond acceptors (Lipinski definition) is 3. The van der Waals surface area contributed by atoms with Crippen LogP contribution in [0.15, 0.2) is 36.4 Å². The van der Waals surface area contributed by atoms with Crippen molar-refractivity contribution in [3.05, 3.63) is 42.0 Å². The minimum absolute atomic E-state index is 0.683. The summed E-state index contributed by atoms with van der Waals surface area (Å²) in [5, 5.41) is 3.39. The maximum Gasteiger partial charge on any atom is 0.0700 e. The number of hydrogen-bond donors (Lipinski definition) is 1. The summed E-state index contributed by atoms with van der Waals surface area (Å²) in [6, 6.07) is 10.3. The van der Waals surface area contributed by atoms with E-state index in [0.29, 0.717) is 13.2 Å². The van der Waals surface area contributed by atoms with E-state index < -0.39 is 0 Å². The van der Waals surface area contributed by atoms with Crippen LogP contribution in [0.1, 0.15) is 18.4 Å². The van der Waals surface area contributed by atoms with Crippen LogP contribution in [0, 0.1) is 0 Å². The van der Waals surface area contributed by atoms with Gasteiger partial charge in [-0.2, -0.15) is 0 Å². The fourth-order valence-corrected chi connectivity index (χ4v) is 1.64. The van der Waals surface area contributed by atoms with Gasteiger partial charge in [0.1, 0.15) is 0 Å². The van der Waals surface area contributed by atoms with Gasteiger partial charge in [0.25, 0.3) is 0 Å². The Kier molecular flexibility index (Phi) is 9.96. The van der Waals surface area contributed by atoms with Crippen LogP contribution in [0.3, 0.4) is 0 Å². The summed E-state index contributed by atoms with van der Waals surface area (Å²) in [6.07, 6.45) is 6.54. The normalized spacial score (nSPS) is 11.2. The largest absolute Gasteiger partial charge is 0.382 e. The first-order chi connectivity index (χ1) is 9.43. The summed E-state index contributed by atoms with van der Waals surface area (Å²) in [6.45, 7) is 4.16. The summed E-state index contributed by atoms with van der Waals surface area (Å²) < 4.78 is 10.3. The highest BCUT2D eigenvalue weighted by Gasteiger charge is 1.90. The first-order valence-corrected chi connectivity index (χ1v) is 6.92. The molecule has 0 heterocycles. The van der Waals surface area contributed by atoms with Crippen LogP contribution in [0.4, 0.5) is 0 Å². The monoisotopic (exact) mass is 263 g/mol. The van der Waals surface area contributed by atoms with Crippen molar-refractivity contribution in [3.63, 3.8) is 0 Å². The molecular formula is C16H25NO2. The van der Waals surface area contributed by atoms with Crippen LogP contribution in [-0.4, -0.2) is 40.0 Å². The minimum atomic E-state index is 0.683. The van der Waals surface area contributed by atoms with Gasteiger partial charge in [-0.05, 0) is 24.9 Å². The maximum absolute atomic E-state index is 5.39. The number of benzene rings is 1. The molecular weight excluding hydrogens is 238 g/mol. The van der Waals surface area contributed by atoms with E-state index in [1.165, 1.54) is 5.56 Å². The maximum atomic E-state index is 5.39. The van der Waals surface area contributed by atoms with Gasteiger partial charge < -0.3 is 14.8 Å². The minimum Gasteiger partial charge on any atom is -0.382 e. The molecule has 0 aliphatic heterocycles. The number of ether oxygens (including phenoxy) is 2. The molecule has 106 valence electrons. The molecule has 0 saturated heterocycles. The van der Waals surface area contributed by atoms with E-state index in [1.807, 2.05) is 6.07 Å². The highest BCUT2D eigenvalue weighted by Crippen LogP contribution is 1.99. The van der Waals surface area contributed by atoms with Gasteiger partial charge in [-0.1, -0.05) is 42.5 Å². The van der Waals surface area contributed by atoms with E-state index >= 15 is 0 Å². The molecule has 1 N–H and O–H groups in total. The average molecular weight is 263 g/mol. The number of nitrogens with one attached hydrogen (secondary N) is 1. The predicted molar refractivity (Wildman–Crippen MR) is 80.3 cm³/mol. The molecule has 0 aliphatic carbocycles. The Bertz CT molecular complexity index is 325. The van der Waals surface area contributed by atoms with Gasteiger partial charge in [0, 0.05) is 20.3 Å². The Morgan fingerprint density at radius 3 is 2.68 bits per heavy atom. The third-order valence-corrected chi connectivity index (χ3v) is 2.70. The first-order valence-electron chi connectivity index (χ1n) is 6.92. The second-order valence-corrected chi connectivity index (χ2v) is 4.33. The Morgan fingerprint density at radius 2 is 1.89 bits per heavy atom. The SMILES string of the molecule is COCCOCCCCNC/C=C/c1ccccc1. The van der Waals surface area contributed by atoms with E-state index in [0.717, 1.165) is 32.5 Å². The number of unbranched alkanes of at least 4 members (excludes halogenated alkanes) is 1. The molecule has 3 heteroatoms. The predicted octanol–water partition coefficient (Wildman–Crippen LogP) is 2.73. The van der Waals surface area contributed by atoms with Crippen LogP contribution < -0.4 is 5.32 Å². The van der Waals surface area contributed by atoms with Crippen molar-refractivity contribution in [2.45, 2.75) is 12.8 Å². The Morgan fingerprint density at radius 1 is 1.05 bits per heavy atom. The lowest BCUT2D eigenvalue weighted by molar-refractivity contribution is 0.0688. The van der Waals surface area contributed by atoms with Gasteiger partial charge in [0.15, 0.2) is 0 Å². The quantitative estimate of drug-likeness (QED) is 0.623. The van der Waals surface area contributed by atoms with Gasteiger partial charge in [-0.25, -0.2) is 0 Å². The first kappa shape index (κ1) is 15.9. The molecule has 0 spiro atoms.